The van der Waals surface area contributed by atoms with Crippen molar-refractivity contribution in [2.24, 2.45) is 5.92 Å². The Hall–Kier alpha value is -2.76. The van der Waals surface area contributed by atoms with E-state index in [1.54, 1.807) is 4.90 Å². The highest BCUT2D eigenvalue weighted by Gasteiger charge is 2.34. The van der Waals surface area contributed by atoms with Gasteiger partial charge in [-0.1, -0.05) is 30.3 Å². The van der Waals surface area contributed by atoms with Crippen LogP contribution in [0.25, 0.3) is 0 Å². The van der Waals surface area contributed by atoms with Gasteiger partial charge in [0, 0.05) is 25.6 Å². The second kappa shape index (κ2) is 7.42. The van der Waals surface area contributed by atoms with Crippen LogP contribution in [0.1, 0.15) is 12.0 Å². The zero-order chi connectivity index (χ0) is 17.8. The van der Waals surface area contributed by atoms with Gasteiger partial charge in [-0.15, -0.1) is 0 Å². The first-order valence-electron chi connectivity index (χ1n) is 8.10. The largest absolute Gasteiger partial charge is 0.342 e. The lowest BCUT2D eigenvalue weighted by Crippen LogP contribution is -2.30. The Morgan fingerprint density at radius 1 is 1.16 bits per heavy atom. The van der Waals surface area contributed by atoms with Crippen molar-refractivity contribution < 1.29 is 18.4 Å². The number of hydrogen-bond acceptors (Lipinski definition) is 2. The maximum Gasteiger partial charge on any atom is 0.229 e. The molecule has 0 aliphatic carbocycles. The van der Waals surface area contributed by atoms with Crippen LogP contribution >= 0.6 is 0 Å². The molecular weight excluding hydrogens is 326 g/mol. The second-order valence-corrected chi connectivity index (χ2v) is 6.09. The van der Waals surface area contributed by atoms with E-state index in [9.17, 15) is 18.4 Å². The number of hydrogen-bond donors (Lipinski definition) is 1. The Balaban J connectivity index is 1.58. The molecule has 1 fully saturated rings. The molecule has 2 aromatic rings. The first-order valence-corrected chi connectivity index (χ1v) is 8.10. The molecule has 3 rings (SSSR count). The van der Waals surface area contributed by atoms with Crippen molar-refractivity contribution in [1.29, 1.82) is 0 Å². The molecule has 1 atom stereocenters. The molecule has 1 heterocycles. The van der Waals surface area contributed by atoms with Crippen LogP contribution in [-0.4, -0.2) is 29.8 Å². The lowest BCUT2D eigenvalue weighted by atomic mass is 10.1. The summed E-state index contributed by atoms with van der Waals surface area (Å²) >= 11 is 0. The van der Waals surface area contributed by atoms with Crippen LogP contribution in [0, 0.1) is 17.6 Å². The standard InChI is InChI=1S/C19H18F2N2O2/c20-15-6-7-16(21)17(11-15)22-19(25)14-10-18(24)23(12-14)9-8-13-4-2-1-3-5-13/h1-7,11,14H,8-10,12H2,(H,22,25). The maximum atomic E-state index is 13.6. The van der Waals surface area contributed by atoms with Gasteiger partial charge in [-0.25, -0.2) is 8.78 Å². The minimum Gasteiger partial charge on any atom is -0.342 e. The number of amides is 2. The number of nitrogens with zero attached hydrogens (tertiary/aromatic N) is 1. The molecule has 0 aromatic heterocycles. The molecule has 1 N–H and O–H groups in total. The highest BCUT2D eigenvalue weighted by atomic mass is 19.1. The molecule has 4 nitrogen and oxygen atoms in total. The number of benzene rings is 2. The lowest BCUT2D eigenvalue weighted by molar-refractivity contribution is -0.128. The summed E-state index contributed by atoms with van der Waals surface area (Å²) in [5, 5.41) is 2.38. The Kier molecular flexibility index (Phi) is 5.07. The van der Waals surface area contributed by atoms with Gasteiger partial charge in [0.1, 0.15) is 11.6 Å². The highest BCUT2D eigenvalue weighted by molar-refractivity contribution is 5.97. The number of halogens is 2. The zero-order valence-corrected chi connectivity index (χ0v) is 13.5. The van der Waals surface area contributed by atoms with Gasteiger partial charge in [-0.3, -0.25) is 9.59 Å². The minimum atomic E-state index is -0.708. The van der Waals surface area contributed by atoms with Crippen LogP contribution in [0.5, 0.6) is 0 Å². The topological polar surface area (TPSA) is 49.4 Å². The lowest BCUT2D eigenvalue weighted by Gasteiger charge is -2.16. The summed E-state index contributed by atoms with van der Waals surface area (Å²) in [6, 6.07) is 12.6. The number of rotatable bonds is 5. The summed E-state index contributed by atoms with van der Waals surface area (Å²) < 4.78 is 26.8. The molecule has 0 bridgehead atoms. The SMILES string of the molecule is O=C(Nc1cc(F)ccc1F)C1CC(=O)N(CCc2ccccc2)C1. The molecule has 1 aliphatic rings. The Morgan fingerprint density at radius 3 is 2.68 bits per heavy atom. The van der Waals surface area contributed by atoms with Gasteiger partial charge in [-0.2, -0.15) is 0 Å². The number of anilines is 1. The van der Waals surface area contributed by atoms with Crippen molar-refractivity contribution in [3.05, 3.63) is 65.7 Å². The van der Waals surface area contributed by atoms with Gasteiger partial charge in [-0.05, 0) is 24.1 Å². The van der Waals surface area contributed by atoms with E-state index in [4.69, 9.17) is 0 Å². The fraction of sp³-hybridized carbons (Fsp3) is 0.263. The average Bonchev–Trinajstić information content (AvgIpc) is 2.98. The average molecular weight is 344 g/mol. The third kappa shape index (κ3) is 4.21. The molecule has 130 valence electrons. The predicted octanol–water partition coefficient (Wildman–Crippen LogP) is 2.99. The molecule has 1 unspecified atom stereocenters. The van der Waals surface area contributed by atoms with E-state index in [-0.39, 0.29) is 24.6 Å². The van der Waals surface area contributed by atoms with E-state index < -0.39 is 23.5 Å². The monoisotopic (exact) mass is 344 g/mol. The fourth-order valence-corrected chi connectivity index (χ4v) is 2.90. The molecule has 6 heteroatoms. The van der Waals surface area contributed by atoms with E-state index in [0.29, 0.717) is 13.0 Å². The van der Waals surface area contributed by atoms with Crippen molar-refractivity contribution in [2.45, 2.75) is 12.8 Å². The van der Waals surface area contributed by atoms with E-state index in [0.717, 1.165) is 23.8 Å². The molecular formula is C19H18F2N2O2. The summed E-state index contributed by atoms with van der Waals surface area (Å²) in [5.74, 6) is -2.48. The van der Waals surface area contributed by atoms with Crippen LogP contribution in [-0.2, 0) is 16.0 Å². The zero-order valence-electron chi connectivity index (χ0n) is 13.5. The van der Waals surface area contributed by atoms with E-state index in [1.165, 1.54) is 0 Å². The Bertz CT molecular complexity index is 780. The predicted molar refractivity (Wildman–Crippen MR) is 89.8 cm³/mol. The van der Waals surface area contributed by atoms with E-state index in [1.807, 2.05) is 30.3 Å². The fourth-order valence-electron chi connectivity index (χ4n) is 2.90. The molecule has 0 radical (unpaired) electrons. The molecule has 2 aromatic carbocycles. The van der Waals surface area contributed by atoms with E-state index >= 15 is 0 Å². The maximum absolute atomic E-state index is 13.6. The molecule has 1 saturated heterocycles. The first-order chi connectivity index (χ1) is 12.0. The van der Waals surface area contributed by atoms with Crippen molar-refractivity contribution in [3.63, 3.8) is 0 Å². The van der Waals surface area contributed by atoms with Gasteiger partial charge in [0.25, 0.3) is 0 Å². The third-order valence-electron chi connectivity index (χ3n) is 4.28. The summed E-state index contributed by atoms with van der Waals surface area (Å²) in [4.78, 5) is 26.0. The van der Waals surface area contributed by atoms with Crippen molar-refractivity contribution in [2.75, 3.05) is 18.4 Å². The van der Waals surface area contributed by atoms with Gasteiger partial charge >= 0.3 is 0 Å². The van der Waals surface area contributed by atoms with Gasteiger partial charge in [0.05, 0.1) is 11.6 Å². The molecule has 0 saturated carbocycles. The molecule has 2 amide bonds. The van der Waals surface area contributed by atoms with Gasteiger partial charge in [0.15, 0.2) is 0 Å². The van der Waals surface area contributed by atoms with E-state index in [2.05, 4.69) is 5.32 Å². The minimum absolute atomic E-state index is 0.0809. The highest BCUT2D eigenvalue weighted by Crippen LogP contribution is 2.22. The Labute approximate surface area is 144 Å². The van der Waals surface area contributed by atoms with Gasteiger partial charge in [0.2, 0.25) is 11.8 Å². The van der Waals surface area contributed by atoms with Crippen LogP contribution in [0.4, 0.5) is 14.5 Å². The summed E-state index contributed by atoms with van der Waals surface area (Å²) in [6.45, 7) is 0.815. The Morgan fingerprint density at radius 2 is 1.92 bits per heavy atom. The number of carbonyl (C=O) groups is 2. The number of carbonyl (C=O) groups excluding carboxylic acids is 2. The number of likely N-dealkylation sites (tertiary alicyclic amines) is 1. The van der Waals surface area contributed by atoms with Crippen LogP contribution in [0.3, 0.4) is 0 Å². The second-order valence-electron chi connectivity index (χ2n) is 6.09. The van der Waals surface area contributed by atoms with Crippen LogP contribution in [0.15, 0.2) is 48.5 Å². The van der Waals surface area contributed by atoms with Crippen LogP contribution in [0.2, 0.25) is 0 Å². The van der Waals surface area contributed by atoms with Crippen molar-refractivity contribution in [3.8, 4) is 0 Å². The first kappa shape index (κ1) is 17.1. The number of nitrogens with one attached hydrogen (secondary N) is 1. The van der Waals surface area contributed by atoms with Crippen molar-refractivity contribution in [1.82, 2.24) is 4.90 Å². The quantitative estimate of drug-likeness (QED) is 0.906. The van der Waals surface area contributed by atoms with Gasteiger partial charge < -0.3 is 10.2 Å². The molecule has 25 heavy (non-hydrogen) atoms. The molecule has 0 spiro atoms. The summed E-state index contributed by atoms with van der Waals surface area (Å²) in [6.07, 6.45) is 0.789. The van der Waals surface area contributed by atoms with Crippen LogP contribution < -0.4 is 5.32 Å². The summed E-state index contributed by atoms with van der Waals surface area (Å²) in [7, 11) is 0. The smallest absolute Gasteiger partial charge is 0.229 e. The molecule has 1 aliphatic heterocycles. The summed E-state index contributed by atoms with van der Waals surface area (Å²) in [5.41, 5.74) is 0.908. The van der Waals surface area contributed by atoms with Crippen molar-refractivity contribution >= 4 is 17.5 Å². The third-order valence-corrected chi connectivity index (χ3v) is 4.28. The normalized spacial score (nSPS) is 17.0.